The number of aromatic nitrogens is 2. The molecule has 0 saturated heterocycles. The molecule has 2 heterocycles. The number of hydrogen-bond acceptors (Lipinski definition) is 2. The lowest BCUT2D eigenvalue weighted by atomic mass is 10.1. The number of nitrogens with one attached hydrogen (secondary N) is 1. The van der Waals surface area contributed by atoms with E-state index in [-0.39, 0.29) is 0 Å². The predicted molar refractivity (Wildman–Crippen MR) is 60.6 cm³/mol. The normalized spacial score (nSPS) is 17.8. The highest BCUT2D eigenvalue weighted by molar-refractivity contribution is 14.1. The summed E-state index contributed by atoms with van der Waals surface area (Å²) in [5.74, 6) is 0. The van der Waals surface area contributed by atoms with Gasteiger partial charge < -0.3 is 0 Å². The number of halogens is 1. The van der Waals surface area contributed by atoms with Gasteiger partial charge in [0.15, 0.2) is 0 Å². The molecule has 1 aromatic heterocycles. The zero-order chi connectivity index (χ0) is 9.42. The Morgan fingerprint density at radius 2 is 2.31 bits per heavy atom. The molecule has 0 atom stereocenters. The topological polar surface area (TPSA) is 31.9 Å². The first-order valence-electron chi connectivity index (χ1n) is 4.64. The summed E-state index contributed by atoms with van der Waals surface area (Å²) in [6.45, 7) is 6.68. The van der Waals surface area contributed by atoms with E-state index in [1.807, 2.05) is 0 Å². The van der Waals surface area contributed by atoms with E-state index in [1.165, 1.54) is 17.8 Å². The highest BCUT2D eigenvalue weighted by Crippen LogP contribution is 2.22. The number of rotatable bonds is 1. The minimum Gasteiger partial charge on any atom is -0.295 e. The number of nitrogens with zero attached hydrogens (tertiary/aromatic N) is 2. The van der Waals surface area contributed by atoms with E-state index in [0.717, 1.165) is 16.7 Å². The van der Waals surface area contributed by atoms with Gasteiger partial charge in [0.25, 0.3) is 0 Å². The molecule has 1 aromatic rings. The van der Waals surface area contributed by atoms with Crippen molar-refractivity contribution in [2.45, 2.75) is 32.9 Å². The third-order valence-electron chi connectivity index (χ3n) is 2.64. The summed E-state index contributed by atoms with van der Waals surface area (Å²) in [6, 6.07) is 0.633. The molecule has 13 heavy (non-hydrogen) atoms. The van der Waals surface area contributed by atoms with Gasteiger partial charge in [0.1, 0.15) is 3.70 Å². The van der Waals surface area contributed by atoms with Crippen LogP contribution in [0.15, 0.2) is 0 Å². The van der Waals surface area contributed by atoms with Crippen molar-refractivity contribution >= 4 is 22.6 Å². The van der Waals surface area contributed by atoms with Crippen LogP contribution in [-0.2, 0) is 13.0 Å². The highest BCUT2D eigenvalue weighted by atomic mass is 127. The van der Waals surface area contributed by atoms with E-state index in [2.05, 4.69) is 51.5 Å². The van der Waals surface area contributed by atoms with Crippen molar-refractivity contribution < 1.29 is 0 Å². The van der Waals surface area contributed by atoms with Crippen molar-refractivity contribution in [1.29, 1.82) is 0 Å². The van der Waals surface area contributed by atoms with E-state index in [4.69, 9.17) is 0 Å². The van der Waals surface area contributed by atoms with E-state index in [9.17, 15) is 0 Å². The van der Waals surface area contributed by atoms with Crippen LogP contribution >= 0.6 is 22.6 Å². The van der Waals surface area contributed by atoms with Crippen LogP contribution in [0.1, 0.15) is 25.1 Å². The van der Waals surface area contributed by atoms with Gasteiger partial charge in [-0.3, -0.25) is 10.00 Å². The Labute approximate surface area is 92.0 Å². The summed E-state index contributed by atoms with van der Waals surface area (Å²) < 4.78 is 1.15. The fourth-order valence-electron chi connectivity index (χ4n) is 1.74. The number of H-pyrrole nitrogens is 1. The lowest BCUT2D eigenvalue weighted by Gasteiger charge is -2.29. The molecule has 1 aliphatic rings. The van der Waals surface area contributed by atoms with Crippen LogP contribution in [0, 0.1) is 3.70 Å². The third-order valence-corrected chi connectivity index (χ3v) is 3.54. The fourth-order valence-corrected chi connectivity index (χ4v) is 2.46. The Kier molecular flexibility index (Phi) is 2.60. The summed E-state index contributed by atoms with van der Waals surface area (Å²) in [7, 11) is 0. The maximum Gasteiger partial charge on any atom is 0.126 e. The molecule has 0 aliphatic carbocycles. The largest absolute Gasteiger partial charge is 0.295 e. The number of fused-ring (bicyclic) bond motifs is 1. The summed E-state index contributed by atoms with van der Waals surface area (Å²) in [4.78, 5) is 2.47. The second kappa shape index (κ2) is 3.57. The number of aromatic amines is 1. The minimum absolute atomic E-state index is 0.633. The fraction of sp³-hybridized carbons (Fsp3) is 0.667. The second-order valence-corrected chi connectivity index (χ2v) is 4.81. The van der Waals surface area contributed by atoms with E-state index in [0.29, 0.717) is 6.04 Å². The Hall–Kier alpha value is -0.100. The molecule has 0 spiro atoms. The summed E-state index contributed by atoms with van der Waals surface area (Å²) >= 11 is 2.30. The quantitative estimate of drug-likeness (QED) is 0.800. The Bertz CT molecular complexity index is 306. The van der Waals surface area contributed by atoms with Crippen LogP contribution < -0.4 is 0 Å². The van der Waals surface area contributed by atoms with Crippen molar-refractivity contribution in [3.63, 3.8) is 0 Å². The van der Waals surface area contributed by atoms with Gasteiger partial charge in [-0.25, -0.2) is 0 Å². The lowest BCUT2D eigenvalue weighted by molar-refractivity contribution is 0.201. The van der Waals surface area contributed by atoms with Gasteiger partial charge in [0.2, 0.25) is 0 Å². The Morgan fingerprint density at radius 1 is 1.54 bits per heavy atom. The first kappa shape index (κ1) is 9.45. The molecular formula is C9H14IN3. The third kappa shape index (κ3) is 1.74. The van der Waals surface area contributed by atoms with Gasteiger partial charge in [-0.1, -0.05) is 0 Å². The summed E-state index contributed by atoms with van der Waals surface area (Å²) in [5, 5.41) is 7.34. The van der Waals surface area contributed by atoms with Crippen molar-refractivity contribution in [2.75, 3.05) is 6.54 Å². The molecular weight excluding hydrogens is 277 g/mol. The van der Waals surface area contributed by atoms with Gasteiger partial charge in [0.05, 0.1) is 5.69 Å². The van der Waals surface area contributed by atoms with Gasteiger partial charge >= 0.3 is 0 Å². The molecule has 0 radical (unpaired) electrons. The molecule has 0 amide bonds. The summed E-state index contributed by atoms with van der Waals surface area (Å²) in [5.41, 5.74) is 2.74. The minimum atomic E-state index is 0.633. The zero-order valence-electron chi connectivity index (χ0n) is 7.97. The first-order chi connectivity index (χ1) is 6.18. The number of hydrogen-bond donors (Lipinski definition) is 1. The van der Waals surface area contributed by atoms with Crippen LogP contribution in [0.2, 0.25) is 0 Å². The SMILES string of the molecule is CC(C)N1CCc2c(I)n[nH]c2C1. The molecule has 72 valence electrons. The van der Waals surface area contributed by atoms with Crippen molar-refractivity contribution in [1.82, 2.24) is 15.1 Å². The second-order valence-electron chi connectivity index (χ2n) is 3.79. The average molecular weight is 291 g/mol. The van der Waals surface area contributed by atoms with Crippen LogP contribution in [0.3, 0.4) is 0 Å². The van der Waals surface area contributed by atoms with E-state index in [1.54, 1.807) is 0 Å². The summed E-state index contributed by atoms with van der Waals surface area (Å²) in [6.07, 6.45) is 1.14. The monoisotopic (exact) mass is 291 g/mol. The van der Waals surface area contributed by atoms with Crippen molar-refractivity contribution in [2.24, 2.45) is 0 Å². The smallest absolute Gasteiger partial charge is 0.126 e. The molecule has 0 bridgehead atoms. The molecule has 3 nitrogen and oxygen atoms in total. The lowest BCUT2D eigenvalue weighted by Crippen LogP contribution is -2.35. The van der Waals surface area contributed by atoms with Crippen LogP contribution in [0.4, 0.5) is 0 Å². The molecule has 4 heteroatoms. The first-order valence-corrected chi connectivity index (χ1v) is 5.72. The van der Waals surface area contributed by atoms with Crippen LogP contribution in [0.5, 0.6) is 0 Å². The van der Waals surface area contributed by atoms with Gasteiger partial charge in [-0.05, 0) is 42.9 Å². The highest BCUT2D eigenvalue weighted by Gasteiger charge is 2.21. The van der Waals surface area contributed by atoms with E-state index < -0.39 is 0 Å². The Balaban J connectivity index is 2.21. The molecule has 2 rings (SSSR count). The molecule has 1 aliphatic heterocycles. The van der Waals surface area contributed by atoms with E-state index >= 15 is 0 Å². The van der Waals surface area contributed by atoms with Gasteiger partial charge in [0, 0.05) is 24.7 Å². The van der Waals surface area contributed by atoms with Gasteiger partial charge in [-0.2, -0.15) is 5.10 Å². The average Bonchev–Trinajstić information content (AvgIpc) is 2.47. The Morgan fingerprint density at radius 3 is 3.00 bits per heavy atom. The molecule has 1 N–H and O–H groups in total. The predicted octanol–water partition coefficient (Wildman–Crippen LogP) is 1.78. The van der Waals surface area contributed by atoms with Crippen LogP contribution in [-0.4, -0.2) is 27.7 Å². The van der Waals surface area contributed by atoms with Crippen molar-refractivity contribution in [3.8, 4) is 0 Å². The molecule has 0 aromatic carbocycles. The molecule has 0 saturated carbocycles. The molecule has 0 unspecified atom stereocenters. The zero-order valence-corrected chi connectivity index (χ0v) is 10.1. The van der Waals surface area contributed by atoms with Crippen molar-refractivity contribution in [3.05, 3.63) is 15.0 Å². The standard InChI is InChI=1S/C9H14IN3/c1-6(2)13-4-3-7-8(5-13)11-12-9(7)10/h6H,3-5H2,1-2H3,(H,11,12). The van der Waals surface area contributed by atoms with Gasteiger partial charge in [-0.15, -0.1) is 0 Å². The van der Waals surface area contributed by atoms with Crippen LogP contribution in [0.25, 0.3) is 0 Å². The maximum atomic E-state index is 4.23. The maximum absolute atomic E-state index is 4.23. The molecule has 0 fully saturated rings.